The standard InChI is InChI=1S/C41H56O3/c1-5-19-34(35(6-2)39(43)24-29(3)42)25-31-26-38-37(33-22-17-13-9-10-14-18-23-33)28-36(30(4)41(38)40(44)27-31)32-20-15-11-7-8-12-16-21-32/h11,15,17,20,22-23,28,31,34-35H,5-10,12-14,16,18-19,21,24-27H2,1-4H3. The molecule has 0 radical (unpaired) electrons. The molecular weight excluding hydrogens is 540 g/mol. The van der Waals surface area contributed by atoms with E-state index in [-0.39, 0.29) is 41.5 Å². The number of rotatable bonds is 11. The Kier molecular flexibility index (Phi) is 13.2. The highest BCUT2D eigenvalue weighted by Crippen LogP contribution is 2.42. The summed E-state index contributed by atoms with van der Waals surface area (Å²) in [6.45, 7) is 7.94. The molecule has 3 heteroatoms. The summed E-state index contributed by atoms with van der Waals surface area (Å²) in [5.41, 5.74) is 8.44. The maximum absolute atomic E-state index is 14.2. The molecule has 0 N–H and O–H groups in total. The van der Waals surface area contributed by atoms with Gasteiger partial charge in [-0.2, -0.15) is 0 Å². The zero-order valence-corrected chi connectivity index (χ0v) is 28.0. The van der Waals surface area contributed by atoms with E-state index < -0.39 is 0 Å². The van der Waals surface area contributed by atoms with E-state index in [1.54, 1.807) is 0 Å². The highest BCUT2D eigenvalue weighted by molar-refractivity contribution is 6.03. The van der Waals surface area contributed by atoms with Gasteiger partial charge in [0.05, 0.1) is 6.42 Å². The second-order valence-corrected chi connectivity index (χ2v) is 13.7. The lowest BCUT2D eigenvalue weighted by molar-refractivity contribution is -0.129. The van der Waals surface area contributed by atoms with Crippen molar-refractivity contribution in [1.29, 1.82) is 0 Å². The second-order valence-electron chi connectivity index (χ2n) is 13.7. The number of ketones is 3. The van der Waals surface area contributed by atoms with Crippen LogP contribution in [0.2, 0.25) is 0 Å². The van der Waals surface area contributed by atoms with E-state index in [2.05, 4.69) is 63.3 Å². The molecule has 0 aromatic heterocycles. The topological polar surface area (TPSA) is 51.2 Å². The molecule has 3 nitrogen and oxygen atoms in total. The van der Waals surface area contributed by atoms with Gasteiger partial charge >= 0.3 is 0 Å². The first kappa shape index (κ1) is 34.1. The van der Waals surface area contributed by atoms with Crippen LogP contribution in [-0.2, 0) is 16.0 Å². The maximum atomic E-state index is 14.2. The molecule has 0 saturated heterocycles. The molecule has 0 fully saturated rings. The van der Waals surface area contributed by atoms with E-state index in [4.69, 9.17) is 0 Å². The fraction of sp³-hybridized carbons (Fsp3) is 0.585. The van der Waals surface area contributed by atoms with E-state index in [1.165, 1.54) is 73.3 Å². The Morgan fingerprint density at radius 3 is 2.43 bits per heavy atom. The Balaban J connectivity index is 1.78. The number of benzene rings is 1. The van der Waals surface area contributed by atoms with E-state index in [0.717, 1.165) is 68.9 Å². The number of hydrogen-bond acceptors (Lipinski definition) is 3. The highest BCUT2D eigenvalue weighted by Gasteiger charge is 2.35. The van der Waals surface area contributed by atoms with E-state index >= 15 is 0 Å². The monoisotopic (exact) mass is 596 g/mol. The fourth-order valence-corrected chi connectivity index (χ4v) is 8.05. The largest absolute Gasteiger partial charge is 0.300 e. The lowest BCUT2D eigenvalue weighted by atomic mass is 9.70. The normalized spacial score (nSPS) is 20.9. The molecule has 44 heavy (non-hydrogen) atoms. The minimum absolute atomic E-state index is 0.0306. The zero-order valence-electron chi connectivity index (χ0n) is 28.0. The van der Waals surface area contributed by atoms with Gasteiger partial charge in [-0.25, -0.2) is 0 Å². The first-order chi connectivity index (χ1) is 21.3. The lowest BCUT2D eigenvalue weighted by Crippen LogP contribution is -2.30. The number of allylic oxidation sites excluding steroid dienone is 8. The molecular formula is C41H56O3. The predicted octanol–water partition coefficient (Wildman–Crippen LogP) is 10.9. The van der Waals surface area contributed by atoms with Crippen LogP contribution in [0.1, 0.15) is 156 Å². The van der Waals surface area contributed by atoms with Crippen LogP contribution in [0.5, 0.6) is 0 Å². The van der Waals surface area contributed by atoms with Gasteiger partial charge < -0.3 is 0 Å². The Bertz CT molecular complexity index is 1300. The van der Waals surface area contributed by atoms with Crippen molar-refractivity contribution in [3.63, 3.8) is 0 Å². The minimum Gasteiger partial charge on any atom is -0.300 e. The van der Waals surface area contributed by atoms with Gasteiger partial charge in [-0.15, -0.1) is 0 Å². The molecule has 3 atom stereocenters. The molecule has 0 heterocycles. The van der Waals surface area contributed by atoms with Gasteiger partial charge in [0, 0.05) is 17.9 Å². The summed E-state index contributed by atoms with van der Waals surface area (Å²) in [6, 6.07) is 2.42. The van der Waals surface area contributed by atoms with Crippen LogP contribution in [0, 0.1) is 24.7 Å². The summed E-state index contributed by atoms with van der Waals surface area (Å²) in [4.78, 5) is 39.2. The average molecular weight is 597 g/mol. The average Bonchev–Trinajstić information content (AvgIpc) is 3.21. The van der Waals surface area contributed by atoms with Gasteiger partial charge in [0.15, 0.2) is 5.78 Å². The lowest BCUT2D eigenvalue weighted by Gasteiger charge is -2.33. The number of Topliss-reactive ketones (excluding diaryl/α,β-unsaturated/α-hetero) is 3. The molecule has 3 aliphatic rings. The molecule has 0 saturated carbocycles. The van der Waals surface area contributed by atoms with Crippen molar-refractivity contribution in [2.75, 3.05) is 0 Å². The second kappa shape index (κ2) is 17.0. The van der Waals surface area contributed by atoms with Crippen molar-refractivity contribution < 1.29 is 14.4 Å². The summed E-state index contributed by atoms with van der Waals surface area (Å²) in [5, 5.41) is 0. The van der Waals surface area contributed by atoms with Crippen LogP contribution in [-0.4, -0.2) is 17.3 Å². The molecule has 238 valence electrons. The number of hydrogen-bond donors (Lipinski definition) is 0. The van der Waals surface area contributed by atoms with E-state index in [0.29, 0.717) is 6.42 Å². The van der Waals surface area contributed by atoms with Crippen molar-refractivity contribution in [3.05, 3.63) is 70.3 Å². The third-order valence-corrected chi connectivity index (χ3v) is 10.2. The SMILES string of the molecule is CCCC(CC1CC(=O)c2c(C)c(C3=CC=CCCCCC3)cc(C3=CCCCCCC=C3)c2C1)C(CC)C(=O)CC(C)=O. The molecule has 1 aromatic carbocycles. The summed E-state index contributed by atoms with van der Waals surface area (Å²) in [5.74, 6) is 0.607. The summed E-state index contributed by atoms with van der Waals surface area (Å²) in [7, 11) is 0. The van der Waals surface area contributed by atoms with Crippen LogP contribution < -0.4 is 0 Å². The Morgan fingerprint density at radius 2 is 1.68 bits per heavy atom. The first-order valence-corrected chi connectivity index (χ1v) is 17.8. The zero-order chi connectivity index (χ0) is 31.5. The van der Waals surface area contributed by atoms with Gasteiger partial charge in [0.2, 0.25) is 0 Å². The van der Waals surface area contributed by atoms with Crippen LogP contribution in [0.3, 0.4) is 0 Å². The Morgan fingerprint density at radius 1 is 0.932 bits per heavy atom. The van der Waals surface area contributed by atoms with Crippen molar-refractivity contribution in [2.45, 2.75) is 137 Å². The van der Waals surface area contributed by atoms with Crippen molar-refractivity contribution in [1.82, 2.24) is 0 Å². The molecule has 0 amide bonds. The molecule has 3 unspecified atom stereocenters. The molecule has 0 bridgehead atoms. The number of carbonyl (C=O) groups is 3. The number of fused-ring (bicyclic) bond motifs is 1. The molecule has 3 aliphatic carbocycles. The minimum atomic E-state index is -0.109. The van der Waals surface area contributed by atoms with Gasteiger partial charge in [0.1, 0.15) is 11.6 Å². The van der Waals surface area contributed by atoms with Crippen molar-refractivity contribution in [3.8, 4) is 0 Å². The first-order valence-electron chi connectivity index (χ1n) is 17.8. The van der Waals surface area contributed by atoms with Crippen molar-refractivity contribution in [2.24, 2.45) is 17.8 Å². The summed E-state index contributed by atoms with van der Waals surface area (Å²) >= 11 is 0. The number of carbonyl (C=O) groups excluding carboxylic acids is 3. The molecule has 1 aromatic rings. The maximum Gasteiger partial charge on any atom is 0.163 e. The van der Waals surface area contributed by atoms with Crippen molar-refractivity contribution >= 4 is 28.5 Å². The van der Waals surface area contributed by atoms with Gasteiger partial charge in [-0.3, -0.25) is 14.4 Å². The highest BCUT2D eigenvalue weighted by atomic mass is 16.1. The van der Waals surface area contributed by atoms with Gasteiger partial charge in [0.25, 0.3) is 0 Å². The van der Waals surface area contributed by atoms with Crippen LogP contribution in [0.4, 0.5) is 0 Å². The summed E-state index contributed by atoms with van der Waals surface area (Å²) in [6.07, 6.45) is 30.6. The molecule has 0 spiro atoms. The predicted molar refractivity (Wildman–Crippen MR) is 185 cm³/mol. The summed E-state index contributed by atoms with van der Waals surface area (Å²) < 4.78 is 0. The van der Waals surface area contributed by atoms with Crippen LogP contribution >= 0.6 is 0 Å². The molecule has 4 rings (SSSR count). The van der Waals surface area contributed by atoms with Crippen LogP contribution in [0.25, 0.3) is 11.1 Å². The molecule has 0 aliphatic heterocycles. The third kappa shape index (κ3) is 8.89. The Labute approximate surface area is 267 Å². The fourth-order valence-electron chi connectivity index (χ4n) is 8.05. The van der Waals surface area contributed by atoms with E-state index in [1.807, 2.05) is 0 Å². The smallest absolute Gasteiger partial charge is 0.163 e. The Hall–Kier alpha value is -2.81. The quantitative estimate of drug-likeness (QED) is 0.239. The van der Waals surface area contributed by atoms with Gasteiger partial charge in [-0.05, 0) is 136 Å². The van der Waals surface area contributed by atoms with Crippen LogP contribution in [0.15, 0.2) is 42.5 Å². The van der Waals surface area contributed by atoms with E-state index in [9.17, 15) is 14.4 Å². The van der Waals surface area contributed by atoms with Gasteiger partial charge in [-0.1, -0.05) is 76.0 Å². The third-order valence-electron chi connectivity index (χ3n) is 10.2.